The number of nitrogens with zero attached hydrogens (tertiary/aromatic N) is 1. The Labute approximate surface area is 271 Å². The van der Waals surface area contributed by atoms with Crippen molar-refractivity contribution in [3.05, 3.63) is 142 Å². The lowest BCUT2D eigenvalue weighted by molar-refractivity contribution is 0.669. The van der Waals surface area contributed by atoms with Crippen LogP contribution in [0, 0.1) is 48.5 Å². The quantitative estimate of drug-likeness (QED) is 0.186. The fourth-order valence-electron chi connectivity index (χ4n) is 8.41. The largest absolute Gasteiger partial charge is 0.456 e. The zero-order valence-corrected chi connectivity index (χ0v) is 27.7. The molecule has 0 aliphatic carbocycles. The SMILES string of the molecule is Cc1cc(C)c(B(c2ccc(-n3c4ccccc4c4c5c(ccc43)oc3ccccc35)c(C)c2)c2c(C)cc(C)cc2C)c(C)c1. The molecule has 0 unspecified atom stereocenters. The maximum atomic E-state index is 6.32. The number of rotatable bonds is 4. The van der Waals surface area contributed by atoms with E-state index in [0.29, 0.717) is 0 Å². The molecule has 2 heterocycles. The van der Waals surface area contributed by atoms with Gasteiger partial charge in [-0.2, -0.15) is 0 Å². The highest BCUT2D eigenvalue weighted by atomic mass is 16.3. The van der Waals surface area contributed by atoms with E-state index in [-0.39, 0.29) is 6.71 Å². The van der Waals surface area contributed by atoms with Crippen LogP contribution in [0.25, 0.3) is 49.4 Å². The first-order valence-electron chi connectivity index (χ1n) is 16.3. The van der Waals surface area contributed by atoms with Crippen molar-refractivity contribution < 1.29 is 4.42 Å². The fourth-order valence-corrected chi connectivity index (χ4v) is 8.41. The maximum Gasteiger partial charge on any atom is 0.242 e. The molecule has 0 amide bonds. The molecule has 224 valence electrons. The fraction of sp³-hybridized carbons (Fsp3) is 0.163. The molecule has 0 radical (unpaired) electrons. The predicted octanol–water partition coefficient (Wildman–Crippen LogP) is 9.36. The minimum Gasteiger partial charge on any atom is -0.456 e. The van der Waals surface area contributed by atoms with Crippen molar-refractivity contribution in [2.24, 2.45) is 0 Å². The van der Waals surface area contributed by atoms with Gasteiger partial charge in [-0.05, 0) is 84.4 Å². The van der Waals surface area contributed by atoms with Crippen LogP contribution in [-0.2, 0) is 0 Å². The van der Waals surface area contributed by atoms with Gasteiger partial charge in [-0.1, -0.05) is 123 Å². The number of hydrogen-bond donors (Lipinski definition) is 0. The molecule has 0 spiro atoms. The number of fused-ring (bicyclic) bond motifs is 7. The molecule has 0 saturated heterocycles. The lowest BCUT2D eigenvalue weighted by Crippen LogP contribution is -2.56. The van der Waals surface area contributed by atoms with E-state index < -0.39 is 0 Å². The summed E-state index contributed by atoms with van der Waals surface area (Å²) in [7, 11) is 0. The molecule has 2 nitrogen and oxygen atoms in total. The summed E-state index contributed by atoms with van der Waals surface area (Å²) in [5.74, 6) is 0. The molecule has 8 rings (SSSR count). The van der Waals surface area contributed by atoms with E-state index in [1.165, 1.54) is 88.2 Å². The van der Waals surface area contributed by atoms with Crippen molar-refractivity contribution in [1.29, 1.82) is 0 Å². The summed E-state index contributed by atoms with van der Waals surface area (Å²) < 4.78 is 8.77. The van der Waals surface area contributed by atoms with Gasteiger partial charge in [-0.25, -0.2) is 0 Å². The molecule has 0 atom stereocenters. The molecule has 0 saturated carbocycles. The Morgan fingerprint density at radius 1 is 0.478 bits per heavy atom. The molecule has 46 heavy (non-hydrogen) atoms. The van der Waals surface area contributed by atoms with Gasteiger partial charge >= 0.3 is 0 Å². The third-order valence-corrected chi connectivity index (χ3v) is 10.0. The van der Waals surface area contributed by atoms with Crippen LogP contribution in [0.3, 0.4) is 0 Å². The van der Waals surface area contributed by atoms with Gasteiger partial charge in [0.15, 0.2) is 0 Å². The molecule has 6 aromatic carbocycles. The zero-order valence-electron chi connectivity index (χ0n) is 27.7. The van der Waals surface area contributed by atoms with Crippen molar-refractivity contribution in [3.8, 4) is 5.69 Å². The van der Waals surface area contributed by atoms with Crippen LogP contribution in [0.5, 0.6) is 0 Å². The summed E-state index contributed by atoms with van der Waals surface area (Å²) in [5, 5.41) is 4.84. The lowest BCUT2D eigenvalue weighted by Gasteiger charge is -2.25. The van der Waals surface area contributed by atoms with Gasteiger partial charge in [0.2, 0.25) is 6.71 Å². The third-order valence-electron chi connectivity index (χ3n) is 10.0. The van der Waals surface area contributed by atoms with E-state index in [2.05, 4.69) is 150 Å². The normalized spacial score (nSPS) is 11.8. The maximum absolute atomic E-state index is 6.32. The Balaban J connectivity index is 1.39. The van der Waals surface area contributed by atoms with Crippen molar-refractivity contribution in [1.82, 2.24) is 4.57 Å². The Hall–Kier alpha value is -5.02. The van der Waals surface area contributed by atoms with Crippen LogP contribution in [0.15, 0.2) is 108 Å². The molecular formula is C43H38BNO. The van der Waals surface area contributed by atoms with Gasteiger partial charge in [-0.3, -0.25) is 0 Å². The molecule has 0 bridgehead atoms. The van der Waals surface area contributed by atoms with Gasteiger partial charge in [0.1, 0.15) is 11.2 Å². The second-order valence-electron chi connectivity index (χ2n) is 13.4. The van der Waals surface area contributed by atoms with Gasteiger partial charge in [0, 0.05) is 27.2 Å². The summed E-state index contributed by atoms with van der Waals surface area (Å²) in [6.45, 7) is 15.9. The van der Waals surface area contributed by atoms with Crippen LogP contribution < -0.4 is 16.4 Å². The zero-order chi connectivity index (χ0) is 31.9. The molecule has 0 N–H and O–H groups in total. The van der Waals surface area contributed by atoms with Crippen molar-refractivity contribution >= 4 is 66.8 Å². The highest BCUT2D eigenvalue weighted by molar-refractivity contribution is 6.96. The predicted molar refractivity (Wildman–Crippen MR) is 199 cm³/mol. The average Bonchev–Trinajstić information content (AvgIpc) is 3.55. The van der Waals surface area contributed by atoms with Crippen molar-refractivity contribution in [3.63, 3.8) is 0 Å². The Morgan fingerprint density at radius 2 is 1.07 bits per heavy atom. The highest BCUT2D eigenvalue weighted by Crippen LogP contribution is 2.41. The summed E-state index contributed by atoms with van der Waals surface area (Å²) in [6.07, 6.45) is 0. The molecule has 3 heteroatoms. The van der Waals surface area contributed by atoms with Gasteiger partial charge < -0.3 is 8.98 Å². The highest BCUT2D eigenvalue weighted by Gasteiger charge is 2.29. The molecule has 2 aromatic heterocycles. The van der Waals surface area contributed by atoms with Gasteiger partial charge in [0.25, 0.3) is 0 Å². The summed E-state index contributed by atoms with van der Waals surface area (Å²) in [6, 6.07) is 38.1. The monoisotopic (exact) mass is 595 g/mol. The van der Waals surface area contributed by atoms with Crippen LogP contribution in [0.2, 0.25) is 0 Å². The van der Waals surface area contributed by atoms with Crippen LogP contribution in [-0.4, -0.2) is 11.3 Å². The Kier molecular flexibility index (Phi) is 6.51. The molecule has 0 fully saturated rings. The van der Waals surface area contributed by atoms with E-state index in [1.54, 1.807) is 0 Å². The van der Waals surface area contributed by atoms with Crippen LogP contribution >= 0.6 is 0 Å². The summed E-state index contributed by atoms with van der Waals surface area (Å²) in [4.78, 5) is 0. The lowest BCUT2D eigenvalue weighted by atomic mass is 9.34. The summed E-state index contributed by atoms with van der Waals surface area (Å²) in [5.41, 5.74) is 18.9. The minimum absolute atomic E-state index is 0.143. The first kappa shape index (κ1) is 28.5. The number of para-hydroxylation sites is 2. The van der Waals surface area contributed by atoms with Crippen molar-refractivity contribution in [2.45, 2.75) is 48.5 Å². The van der Waals surface area contributed by atoms with Crippen LogP contribution in [0.1, 0.15) is 38.9 Å². The van der Waals surface area contributed by atoms with Crippen molar-refractivity contribution in [2.75, 3.05) is 0 Å². The topological polar surface area (TPSA) is 18.1 Å². The smallest absolute Gasteiger partial charge is 0.242 e. The number of hydrogen-bond acceptors (Lipinski definition) is 1. The number of aromatic nitrogens is 1. The molecular weight excluding hydrogens is 557 g/mol. The van der Waals surface area contributed by atoms with E-state index in [4.69, 9.17) is 4.42 Å². The van der Waals surface area contributed by atoms with Gasteiger partial charge in [0.05, 0.1) is 11.0 Å². The second-order valence-corrected chi connectivity index (χ2v) is 13.4. The van der Waals surface area contributed by atoms with Crippen LogP contribution in [0.4, 0.5) is 0 Å². The molecule has 8 aromatic rings. The van der Waals surface area contributed by atoms with Gasteiger partial charge in [-0.15, -0.1) is 0 Å². The van der Waals surface area contributed by atoms with E-state index in [9.17, 15) is 0 Å². The minimum atomic E-state index is 0.143. The number of aryl methyl sites for hydroxylation is 7. The van der Waals surface area contributed by atoms with E-state index >= 15 is 0 Å². The average molecular weight is 596 g/mol. The Morgan fingerprint density at radius 3 is 1.70 bits per heavy atom. The second kappa shape index (κ2) is 10.5. The summed E-state index contributed by atoms with van der Waals surface area (Å²) >= 11 is 0. The standard InChI is InChI=1S/C43H38BNO/c1-25-20-28(4)42(29(5)21-25)44(43-30(6)22-26(2)23-31(43)7)32-16-17-35(27(3)24-32)45-36-14-10-8-12-33(36)40-37(45)18-19-39-41(40)34-13-9-11-15-38(34)46-39/h8-24H,1-7H3. The first-order chi connectivity index (χ1) is 22.2. The molecule has 0 aliphatic heterocycles. The third kappa shape index (κ3) is 4.25. The van der Waals surface area contributed by atoms with E-state index in [1.807, 2.05) is 6.07 Å². The Bertz CT molecular complexity index is 2410. The number of furan rings is 1. The molecule has 0 aliphatic rings. The number of benzene rings is 6. The van der Waals surface area contributed by atoms with E-state index in [0.717, 1.165) is 16.6 Å². The first-order valence-corrected chi connectivity index (χ1v) is 16.3.